The maximum absolute atomic E-state index is 11.1. The molecule has 0 saturated carbocycles. The Morgan fingerprint density at radius 1 is 1.05 bits per heavy atom. The molecule has 2 aromatic carbocycles. The summed E-state index contributed by atoms with van der Waals surface area (Å²) in [5, 5.41) is 18.9. The molecule has 0 fully saturated rings. The number of carbonyl (C=O) groups is 1. The van der Waals surface area contributed by atoms with E-state index in [0.29, 0.717) is 11.3 Å². The highest BCUT2D eigenvalue weighted by Crippen LogP contribution is 2.24. The summed E-state index contributed by atoms with van der Waals surface area (Å²) in [6, 6.07) is 10.6. The molecule has 102 valence electrons. The van der Waals surface area contributed by atoms with Crippen LogP contribution < -0.4 is 0 Å². The maximum atomic E-state index is 11.1. The van der Waals surface area contributed by atoms with Crippen molar-refractivity contribution in [2.45, 2.75) is 13.8 Å². The Morgan fingerprint density at radius 2 is 1.65 bits per heavy atom. The van der Waals surface area contributed by atoms with E-state index < -0.39 is 5.97 Å². The molecule has 0 spiro atoms. The molecule has 0 aromatic heterocycles. The number of rotatable bonds is 3. The van der Waals surface area contributed by atoms with Crippen LogP contribution in [-0.2, 0) is 0 Å². The molecule has 3 nitrogen and oxygen atoms in total. The number of aromatic carboxylic acids is 1. The maximum Gasteiger partial charge on any atom is 0.336 e. The topological polar surface area (TPSA) is 57.5 Å². The summed E-state index contributed by atoms with van der Waals surface area (Å²) in [4.78, 5) is 11.1. The number of aromatic hydroxyl groups is 1. The lowest BCUT2D eigenvalue weighted by Crippen LogP contribution is -1.98. The molecule has 3 heteroatoms. The molecule has 2 N–H and O–H groups in total. The van der Waals surface area contributed by atoms with E-state index in [1.54, 1.807) is 30.3 Å². The van der Waals surface area contributed by atoms with Gasteiger partial charge in [-0.25, -0.2) is 4.79 Å². The summed E-state index contributed by atoms with van der Waals surface area (Å²) in [5.41, 5.74) is 3.46. The van der Waals surface area contributed by atoms with E-state index in [4.69, 9.17) is 5.11 Å². The first-order valence-corrected chi connectivity index (χ1v) is 6.29. The molecule has 2 rings (SSSR count). The van der Waals surface area contributed by atoms with E-state index in [-0.39, 0.29) is 5.56 Å². The number of carboxylic acids is 1. The third-order valence-electron chi connectivity index (χ3n) is 3.16. The SMILES string of the molecule is Cc1cc(/C=C/c2ccccc2C(=O)O)cc(C)c1O. The zero-order valence-corrected chi connectivity index (χ0v) is 11.4. The molecule has 0 aliphatic carbocycles. The fourth-order valence-electron chi connectivity index (χ4n) is 2.11. The molecule has 0 aliphatic heterocycles. The smallest absolute Gasteiger partial charge is 0.336 e. The molecule has 0 heterocycles. The molecule has 0 unspecified atom stereocenters. The number of carboxylic acid groups (broad SMARTS) is 1. The summed E-state index contributed by atoms with van der Waals surface area (Å²) in [6.07, 6.45) is 3.62. The van der Waals surface area contributed by atoms with Gasteiger partial charge in [-0.15, -0.1) is 0 Å². The Morgan fingerprint density at radius 3 is 2.25 bits per heavy atom. The van der Waals surface area contributed by atoms with E-state index in [9.17, 15) is 9.90 Å². The van der Waals surface area contributed by atoms with E-state index in [0.717, 1.165) is 16.7 Å². The van der Waals surface area contributed by atoms with Crippen molar-refractivity contribution in [3.05, 3.63) is 64.2 Å². The number of phenols is 1. The molecule has 0 radical (unpaired) electrons. The largest absolute Gasteiger partial charge is 0.507 e. The van der Waals surface area contributed by atoms with Crippen molar-refractivity contribution in [1.29, 1.82) is 0 Å². The molecule has 0 aliphatic rings. The van der Waals surface area contributed by atoms with Gasteiger partial charge in [0.15, 0.2) is 0 Å². The van der Waals surface area contributed by atoms with Crippen LogP contribution >= 0.6 is 0 Å². The minimum Gasteiger partial charge on any atom is -0.507 e. The van der Waals surface area contributed by atoms with Crippen LogP contribution in [0.2, 0.25) is 0 Å². The highest BCUT2D eigenvalue weighted by atomic mass is 16.4. The molecule has 20 heavy (non-hydrogen) atoms. The third-order valence-corrected chi connectivity index (χ3v) is 3.16. The Hall–Kier alpha value is -2.55. The second-order valence-corrected chi connectivity index (χ2v) is 4.73. The second-order valence-electron chi connectivity index (χ2n) is 4.73. The third kappa shape index (κ3) is 2.88. The highest BCUT2D eigenvalue weighted by molar-refractivity contribution is 5.93. The van der Waals surface area contributed by atoms with Crippen LogP contribution in [0.1, 0.15) is 32.6 Å². The highest BCUT2D eigenvalue weighted by Gasteiger charge is 2.06. The standard InChI is InChI=1S/C17H16O3/c1-11-9-13(10-12(2)16(11)18)7-8-14-5-3-4-6-15(14)17(19)20/h3-10,18H,1-2H3,(H,19,20)/b8-7+. The molecular weight excluding hydrogens is 252 g/mol. The van der Waals surface area contributed by atoms with Crippen LogP contribution in [0.15, 0.2) is 36.4 Å². The average molecular weight is 268 g/mol. The van der Waals surface area contributed by atoms with Gasteiger partial charge in [0.25, 0.3) is 0 Å². The number of hydrogen-bond donors (Lipinski definition) is 2. The molecule has 2 aromatic rings. The number of phenolic OH excluding ortho intramolecular Hbond substituents is 1. The van der Waals surface area contributed by atoms with Crippen molar-refractivity contribution >= 4 is 18.1 Å². The predicted molar refractivity (Wildman–Crippen MR) is 79.9 cm³/mol. The van der Waals surface area contributed by atoms with Gasteiger partial charge in [0.2, 0.25) is 0 Å². The van der Waals surface area contributed by atoms with Crippen molar-refractivity contribution < 1.29 is 15.0 Å². The van der Waals surface area contributed by atoms with Gasteiger partial charge in [0.05, 0.1) is 5.56 Å². The summed E-state index contributed by atoms with van der Waals surface area (Å²) in [7, 11) is 0. The molecule has 0 atom stereocenters. The zero-order chi connectivity index (χ0) is 14.7. The van der Waals surface area contributed by atoms with E-state index in [1.165, 1.54) is 0 Å². The van der Waals surface area contributed by atoms with Crippen LogP contribution in [-0.4, -0.2) is 16.2 Å². The van der Waals surface area contributed by atoms with Crippen LogP contribution in [0.3, 0.4) is 0 Å². The first kappa shape index (κ1) is 13.9. The van der Waals surface area contributed by atoms with Gasteiger partial charge >= 0.3 is 5.97 Å². The normalized spacial score (nSPS) is 10.9. The molecule has 0 bridgehead atoms. The molecular formula is C17H16O3. The fourth-order valence-corrected chi connectivity index (χ4v) is 2.11. The van der Waals surface area contributed by atoms with Gasteiger partial charge in [0.1, 0.15) is 5.75 Å². The van der Waals surface area contributed by atoms with Gasteiger partial charge in [-0.2, -0.15) is 0 Å². The minimum absolute atomic E-state index is 0.274. The van der Waals surface area contributed by atoms with Crippen LogP contribution in [0.5, 0.6) is 5.75 Å². The number of hydrogen-bond acceptors (Lipinski definition) is 2. The second kappa shape index (κ2) is 5.61. The minimum atomic E-state index is -0.941. The Kier molecular flexibility index (Phi) is 3.89. The summed E-state index contributed by atoms with van der Waals surface area (Å²) >= 11 is 0. The average Bonchev–Trinajstić information content (AvgIpc) is 2.42. The summed E-state index contributed by atoms with van der Waals surface area (Å²) < 4.78 is 0. The van der Waals surface area contributed by atoms with Crippen molar-refractivity contribution in [2.24, 2.45) is 0 Å². The van der Waals surface area contributed by atoms with Gasteiger partial charge < -0.3 is 10.2 Å². The van der Waals surface area contributed by atoms with Gasteiger partial charge in [-0.1, -0.05) is 30.4 Å². The molecule has 0 amide bonds. The monoisotopic (exact) mass is 268 g/mol. The Balaban J connectivity index is 2.37. The van der Waals surface area contributed by atoms with E-state index in [2.05, 4.69) is 0 Å². The first-order valence-electron chi connectivity index (χ1n) is 6.29. The first-order chi connectivity index (χ1) is 9.49. The molecule has 0 saturated heterocycles. The lowest BCUT2D eigenvalue weighted by molar-refractivity contribution is 0.0696. The van der Waals surface area contributed by atoms with Gasteiger partial charge in [0, 0.05) is 0 Å². The van der Waals surface area contributed by atoms with Crippen LogP contribution in [0, 0.1) is 13.8 Å². The van der Waals surface area contributed by atoms with Crippen molar-refractivity contribution in [3.8, 4) is 5.75 Å². The fraction of sp³-hybridized carbons (Fsp3) is 0.118. The van der Waals surface area contributed by atoms with Crippen molar-refractivity contribution in [3.63, 3.8) is 0 Å². The lowest BCUT2D eigenvalue weighted by atomic mass is 10.0. The van der Waals surface area contributed by atoms with Gasteiger partial charge in [-0.3, -0.25) is 0 Å². The number of aryl methyl sites for hydroxylation is 2. The Labute approximate surface area is 117 Å². The lowest BCUT2D eigenvalue weighted by Gasteiger charge is -2.05. The van der Waals surface area contributed by atoms with Crippen LogP contribution in [0.25, 0.3) is 12.2 Å². The quantitative estimate of drug-likeness (QED) is 0.830. The van der Waals surface area contributed by atoms with Crippen molar-refractivity contribution in [1.82, 2.24) is 0 Å². The van der Waals surface area contributed by atoms with Crippen LogP contribution in [0.4, 0.5) is 0 Å². The number of benzene rings is 2. The Bertz CT molecular complexity index is 661. The van der Waals surface area contributed by atoms with E-state index >= 15 is 0 Å². The van der Waals surface area contributed by atoms with Crippen molar-refractivity contribution in [2.75, 3.05) is 0 Å². The zero-order valence-electron chi connectivity index (χ0n) is 11.4. The summed E-state index contributed by atoms with van der Waals surface area (Å²) in [6.45, 7) is 3.68. The predicted octanol–water partition coefficient (Wildman–Crippen LogP) is 3.88. The summed E-state index contributed by atoms with van der Waals surface area (Å²) in [5.74, 6) is -0.642. The van der Waals surface area contributed by atoms with E-state index in [1.807, 2.05) is 32.1 Å². The van der Waals surface area contributed by atoms with Gasteiger partial charge in [-0.05, 0) is 54.3 Å².